The van der Waals surface area contributed by atoms with Crippen molar-refractivity contribution in [1.29, 1.82) is 0 Å². The van der Waals surface area contributed by atoms with Gasteiger partial charge in [-0.2, -0.15) is 0 Å². The van der Waals surface area contributed by atoms with Crippen LogP contribution in [0, 0.1) is 0 Å². The summed E-state index contributed by atoms with van der Waals surface area (Å²) < 4.78 is 4.55. The molecule has 0 rings (SSSR count). The quantitative estimate of drug-likeness (QED) is 0.383. The molecule has 0 aromatic heterocycles. The van der Waals surface area contributed by atoms with Gasteiger partial charge in [-0.3, -0.25) is 0 Å². The minimum atomic E-state index is -0.819. The minimum absolute atomic E-state index is 0.330. The first-order valence-corrected chi connectivity index (χ1v) is 4.17. The molecule has 0 amide bonds. The number of ether oxygens (including phenoxy) is 1. The zero-order chi connectivity index (χ0) is 10.4. The summed E-state index contributed by atoms with van der Waals surface area (Å²) in [4.78, 5) is 11.0. The van der Waals surface area contributed by atoms with E-state index in [9.17, 15) is 4.79 Å². The standard InChI is InChI=1S/C9H17NO3/c1-6(4-5-8(10)11)7(2)9(12)13-3/h8,11H,4-5,10H2,1-3H3. The van der Waals surface area contributed by atoms with Gasteiger partial charge in [-0.05, 0) is 26.7 Å². The maximum atomic E-state index is 11.0. The molecule has 0 saturated heterocycles. The maximum Gasteiger partial charge on any atom is 0.333 e. The molecule has 76 valence electrons. The average Bonchev–Trinajstić information content (AvgIpc) is 2.11. The van der Waals surface area contributed by atoms with Gasteiger partial charge in [0.05, 0.1) is 7.11 Å². The van der Waals surface area contributed by atoms with Crippen molar-refractivity contribution in [3.63, 3.8) is 0 Å². The second-order valence-electron chi connectivity index (χ2n) is 3.00. The van der Waals surface area contributed by atoms with Crippen LogP contribution in [0.1, 0.15) is 26.7 Å². The SMILES string of the molecule is COC(=O)C(C)=C(C)CCC(N)O. The zero-order valence-electron chi connectivity index (χ0n) is 8.33. The van der Waals surface area contributed by atoms with Crippen molar-refractivity contribution in [2.75, 3.05) is 7.11 Å². The van der Waals surface area contributed by atoms with Gasteiger partial charge in [0.25, 0.3) is 0 Å². The van der Waals surface area contributed by atoms with Gasteiger partial charge in [-0.25, -0.2) is 4.79 Å². The van der Waals surface area contributed by atoms with Gasteiger partial charge in [-0.15, -0.1) is 0 Å². The lowest BCUT2D eigenvalue weighted by Crippen LogP contribution is -2.18. The molecule has 4 nitrogen and oxygen atoms in total. The van der Waals surface area contributed by atoms with Crippen LogP contribution in [0.3, 0.4) is 0 Å². The number of aliphatic hydroxyl groups excluding tert-OH is 1. The van der Waals surface area contributed by atoms with Crippen LogP contribution in [0.15, 0.2) is 11.1 Å². The van der Waals surface area contributed by atoms with Gasteiger partial charge in [-0.1, -0.05) is 5.57 Å². The van der Waals surface area contributed by atoms with Crippen molar-refractivity contribution in [3.05, 3.63) is 11.1 Å². The van der Waals surface area contributed by atoms with Crippen LogP contribution < -0.4 is 5.73 Å². The summed E-state index contributed by atoms with van der Waals surface area (Å²) in [6, 6.07) is 0. The first kappa shape index (κ1) is 12.1. The molecular formula is C9H17NO3. The minimum Gasteiger partial charge on any atom is -0.466 e. The molecule has 0 fully saturated rings. The molecule has 1 unspecified atom stereocenters. The Morgan fingerprint density at radius 3 is 2.46 bits per heavy atom. The lowest BCUT2D eigenvalue weighted by Gasteiger charge is -2.07. The monoisotopic (exact) mass is 187 g/mol. The predicted molar refractivity (Wildman–Crippen MR) is 49.8 cm³/mol. The smallest absolute Gasteiger partial charge is 0.333 e. The third-order valence-electron chi connectivity index (χ3n) is 1.95. The first-order valence-electron chi connectivity index (χ1n) is 4.17. The first-order chi connectivity index (χ1) is 5.99. The van der Waals surface area contributed by atoms with E-state index in [1.165, 1.54) is 7.11 Å². The van der Waals surface area contributed by atoms with Crippen LogP contribution in [0.4, 0.5) is 0 Å². The molecule has 0 aliphatic rings. The van der Waals surface area contributed by atoms with Gasteiger partial charge in [0, 0.05) is 5.57 Å². The lowest BCUT2D eigenvalue weighted by molar-refractivity contribution is -0.136. The van der Waals surface area contributed by atoms with Crippen molar-refractivity contribution in [2.24, 2.45) is 5.73 Å². The largest absolute Gasteiger partial charge is 0.466 e. The van der Waals surface area contributed by atoms with Crippen molar-refractivity contribution in [1.82, 2.24) is 0 Å². The number of esters is 1. The molecule has 4 heteroatoms. The zero-order valence-corrected chi connectivity index (χ0v) is 8.33. The number of carbonyl (C=O) groups is 1. The third kappa shape index (κ3) is 4.65. The van der Waals surface area contributed by atoms with E-state index in [0.29, 0.717) is 18.4 Å². The molecule has 0 aromatic carbocycles. The van der Waals surface area contributed by atoms with E-state index >= 15 is 0 Å². The number of hydrogen-bond donors (Lipinski definition) is 2. The molecule has 3 N–H and O–H groups in total. The van der Waals surface area contributed by atoms with E-state index in [-0.39, 0.29) is 5.97 Å². The highest BCUT2D eigenvalue weighted by atomic mass is 16.5. The molecule has 0 bridgehead atoms. The van der Waals surface area contributed by atoms with Gasteiger partial charge < -0.3 is 15.6 Å². The molecule has 1 atom stereocenters. The van der Waals surface area contributed by atoms with E-state index in [1.54, 1.807) is 6.92 Å². The summed E-state index contributed by atoms with van der Waals surface area (Å²) in [6.07, 6.45) is 0.249. The van der Waals surface area contributed by atoms with E-state index in [2.05, 4.69) is 4.74 Å². The van der Waals surface area contributed by atoms with Crippen molar-refractivity contribution < 1.29 is 14.6 Å². The predicted octanol–water partition coefficient (Wildman–Crippen LogP) is 0.553. The Morgan fingerprint density at radius 2 is 2.08 bits per heavy atom. The number of allylic oxidation sites excluding steroid dienone is 1. The molecule has 0 aliphatic carbocycles. The Labute approximate surface area is 78.4 Å². The van der Waals surface area contributed by atoms with E-state index in [4.69, 9.17) is 10.8 Å². The van der Waals surface area contributed by atoms with E-state index < -0.39 is 6.23 Å². The highest BCUT2D eigenvalue weighted by molar-refractivity contribution is 5.88. The Balaban J connectivity index is 4.19. The Hall–Kier alpha value is -0.870. The van der Waals surface area contributed by atoms with Crippen molar-refractivity contribution in [2.45, 2.75) is 32.9 Å². The number of carbonyl (C=O) groups excluding carboxylic acids is 1. The van der Waals surface area contributed by atoms with Crippen LogP contribution in [0.5, 0.6) is 0 Å². The van der Waals surface area contributed by atoms with Crippen LogP contribution in [-0.2, 0) is 9.53 Å². The molecule has 0 spiro atoms. The highest BCUT2D eigenvalue weighted by Crippen LogP contribution is 2.11. The second-order valence-corrected chi connectivity index (χ2v) is 3.00. The maximum absolute atomic E-state index is 11.0. The molecule has 0 saturated carbocycles. The topological polar surface area (TPSA) is 72.5 Å². The van der Waals surface area contributed by atoms with E-state index in [1.807, 2.05) is 6.92 Å². The molecule has 0 aromatic rings. The summed E-state index contributed by atoms with van der Waals surface area (Å²) in [5.41, 5.74) is 6.65. The third-order valence-corrected chi connectivity index (χ3v) is 1.95. The summed E-state index contributed by atoms with van der Waals surface area (Å²) in [5, 5.41) is 8.82. The second kappa shape index (κ2) is 5.72. The average molecular weight is 187 g/mol. The Kier molecular flexibility index (Phi) is 5.34. The molecular weight excluding hydrogens is 170 g/mol. The number of hydrogen-bond acceptors (Lipinski definition) is 4. The molecule has 13 heavy (non-hydrogen) atoms. The number of methoxy groups -OCH3 is 1. The van der Waals surface area contributed by atoms with Gasteiger partial charge in [0.2, 0.25) is 0 Å². The molecule has 0 aliphatic heterocycles. The summed E-state index contributed by atoms with van der Waals surface area (Å²) >= 11 is 0. The van der Waals surface area contributed by atoms with Gasteiger partial charge >= 0.3 is 5.97 Å². The van der Waals surface area contributed by atoms with Crippen LogP contribution in [-0.4, -0.2) is 24.4 Å². The number of nitrogens with two attached hydrogens (primary N) is 1. The Bertz CT molecular complexity index is 209. The molecule has 0 radical (unpaired) electrons. The van der Waals surface area contributed by atoms with Gasteiger partial charge in [0.15, 0.2) is 0 Å². The number of aliphatic hydroxyl groups is 1. The fourth-order valence-electron chi connectivity index (χ4n) is 0.879. The normalized spacial score (nSPS) is 14.8. The lowest BCUT2D eigenvalue weighted by atomic mass is 10.1. The van der Waals surface area contributed by atoms with Crippen LogP contribution >= 0.6 is 0 Å². The van der Waals surface area contributed by atoms with Crippen molar-refractivity contribution in [3.8, 4) is 0 Å². The van der Waals surface area contributed by atoms with Crippen LogP contribution in [0.25, 0.3) is 0 Å². The summed E-state index contributed by atoms with van der Waals surface area (Å²) in [6.45, 7) is 3.53. The highest BCUT2D eigenvalue weighted by Gasteiger charge is 2.07. The molecule has 0 heterocycles. The van der Waals surface area contributed by atoms with Crippen molar-refractivity contribution >= 4 is 5.97 Å². The summed E-state index contributed by atoms with van der Waals surface area (Å²) in [5.74, 6) is -0.330. The Morgan fingerprint density at radius 1 is 1.54 bits per heavy atom. The summed E-state index contributed by atoms with van der Waals surface area (Å²) in [7, 11) is 1.34. The fourth-order valence-corrected chi connectivity index (χ4v) is 0.879. The van der Waals surface area contributed by atoms with Crippen LogP contribution in [0.2, 0.25) is 0 Å². The fraction of sp³-hybridized carbons (Fsp3) is 0.667. The van der Waals surface area contributed by atoms with E-state index in [0.717, 1.165) is 5.57 Å². The number of rotatable bonds is 4. The van der Waals surface area contributed by atoms with Gasteiger partial charge in [0.1, 0.15) is 6.23 Å².